The summed E-state index contributed by atoms with van der Waals surface area (Å²) in [6, 6.07) is 10.7. The molecule has 4 nitrogen and oxygen atoms in total. The summed E-state index contributed by atoms with van der Waals surface area (Å²) in [6.07, 6.45) is 1.67. The van der Waals surface area contributed by atoms with E-state index in [-0.39, 0.29) is 12.4 Å². The topological polar surface area (TPSA) is 46.5 Å². The van der Waals surface area contributed by atoms with Crippen LogP contribution in [0.4, 0.5) is 13.9 Å². The Hall–Kier alpha value is -2.80. The second-order valence-corrected chi connectivity index (χ2v) is 6.13. The molecule has 0 radical (unpaired) electrons. The number of nitrogens with one attached hydrogen (secondary N) is 1. The van der Waals surface area contributed by atoms with Crippen molar-refractivity contribution in [1.29, 1.82) is 0 Å². The molecule has 3 aromatic rings. The molecule has 7 heteroatoms. The minimum absolute atomic E-state index is 0.0151. The number of rotatable bonds is 6. The maximum atomic E-state index is 13.6. The van der Waals surface area contributed by atoms with Crippen molar-refractivity contribution >= 4 is 22.7 Å². The second-order valence-electron chi connectivity index (χ2n) is 5.27. The maximum absolute atomic E-state index is 13.6. The van der Waals surface area contributed by atoms with Gasteiger partial charge in [0, 0.05) is 11.4 Å². The molecule has 0 aliphatic rings. The number of aromatic nitrogens is 1. The molecular formula is C18H15F2N3OS. The van der Waals surface area contributed by atoms with Crippen LogP contribution in [-0.2, 0) is 6.61 Å². The Morgan fingerprint density at radius 2 is 2.12 bits per heavy atom. The average molecular weight is 359 g/mol. The van der Waals surface area contributed by atoms with Gasteiger partial charge in [0.1, 0.15) is 12.4 Å². The van der Waals surface area contributed by atoms with Crippen molar-refractivity contribution < 1.29 is 13.5 Å². The normalized spacial score (nSPS) is 11.0. The molecule has 0 aliphatic heterocycles. The third kappa shape index (κ3) is 4.84. The van der Waals surface area contributed by atoms with Gasteiger partial charge in [0.2, 0.25) is 5.13 Å². The van der Waals surface area contributed by atoms with E-state index in [9.17, 15) is 8.78 Å². The van der Waals surface area contributed by atoms with Crippen LogP contribution in [0, 0.1) is 18.6 Å². The largest absolute Gasteiger partial charge is 0.486 e. The zero-order valence-electron chi connectivity index (χ0n) is 13.4. The van der Waals surface area contributed by atoms with Gasteiger partial charge in [-0.15, -0.1) is 11.3 Å². The van der Waals surface area contributed by atoms with E-state index in [0.29, 0.717) is 0 Å². The summed E-state index contributed by atoms with van der Waals surface area (Å²) in [4.78, 5) is 4.25. The molecule has 1 N–H and O–H groups in total. The van der Waals surface area contributed by atoms with E-state index in [0.717, 1.165) is 34.1 Å². The quantitative estimate of drug-likeness (QED) is 0.510. The molecule has 25 heavy (non-hydrogen) atoms. The van der Waals surface area contributed by atoms with Crippen LogP contribution in [0.25, 0.3) is 0 Å². The zero-order valence-corrected chi connectivity index (χ0v) is 14.2. The van der Waals surface area contributed by atoms with Gasteiger partial charge >= 0.3 is 0 Å². The van der Waals surface area contributed by atoms with Crippen LogP contribution in [-0.4, -0.2) is 11.2 Å². The summed E-state index contributed by atoms with van der Waals surface area (Å²) in [5.41, 5.74) is 5.51. The van der Waals surface area contributed by atoms with Crippen LogP contribution in [0.15, 0.2) is 52.9 Å². The molecule has 0 fully saturated rings. The average Bonchev–Trinajstić information content (AvgIpc) is 3.00. The molecule has 0 saturated heterocycles. The first-order valence-corrected chi connectivity index (χ1v) is 8.36. The maximum Gasteiger partial charge on any atom is 0.203 e. The van der Waals surface area contributed by atoms with Gasteiger partial charge in [-0.1, -0.05) is 18.2 Å². The third-order valence-electron chi connectivity index (χ3n) is 3.23. The molecular weight excluding hydrogens is 344 g/mol. The zero-order chi connectivity index (χ0) is 17.6. The van der Waals surface area contributed by atoms with Gasteiger partial charge in [-0.2, -0.15) is 5.10 Å². The van der Waals surface area contributed by atoms with Gasteiger partial charge in [0.15, 0.2) is 11.6 Å². The van der Waals surface area contributed by atoms with Crippen molar-refractivity contribution in [1.82, 2.24) is 4.98 Å². The molecule has 0 amide bonds. The number of hydrogen-bond acceptors (Lipinski definition) is 5. The molecule has 1 heterocycles. The molecule has 0 spiro atoms. The first kappa shape index (κ1) is 17.0. The van der Waals surface area contributed by atoms with E-state index in [2.05, 4.69) is 15.5 Å². The van der Waals surface area contributed by atoms with Crippen LogP contribution in [0.5, 0.6) is 5.75 Å². The Morgan fingerprint density at radius 1 is 1.24 bits per heavy atom. The predicted molar refractivity (Wildman–Crippen MR) is 95.2 cm³/mol. The minimum Gasteiger partial charge on any atom is -0.486 e. The van der Waals surface area contributed by atoms with Crippen LogP contribution < -0.4 is 10.2 Å². The van der Waals surface area contributed by atoms with Gasteiger partial charge in [-0.3, -0.25) is 5.43 Å². The lowest BCUT2D eigenvalue weighted by Gasteiger charge is -2.07. The molecule has 3 rings (SSSR count). The fraction of sp³-hybridized carbons (Fsp3) is 0.111. The second kappa shape index (κ2) is 7.85. The lowest BCUT2D eigenvalue weighted by Crippen LogP contribution is -1.99. The molecule has 0 aliphatic carbocycles. The van der Waals surface area contributed by atoms with Gasteiger partial charge in [-0.25, -0.2) is 13.8 Å². The van der Waals surface area contributed by atoms with Crippen LogP contribution in [0.3, 0.4) is 0 Å². The molecule has 0 saturated carbocycles. The molecule has 0 atom stereocenters. The summed E-state index contributed by atoms with van der Waals surface area (Å²) in [6.45, 7) is 2.09. The van der Waals surface area contributed by atoms with Crippen LogP contribution in [0.2, 0.25) is 0 Å². The number of hydrogen-bond donors (Lipinski definition) is 1. The van der Waals surface area contributed by atoms with Crippen molar-refractivity contribution in [2.45, 2.75) is 13.5 Å². The summed E-state index contributed by atoms with van der Waals surface area (Å²) < 4.78 is 31.8. The molecule has 2 aromatic carbocycles. The van der Waals surface area contributed by atoms with E-state index < -0.39 is 11.6 Å². The first-order chi connectivity index (χ1) is 12.1. The van der Waals surface area contributed by atoms with E-state index >= 15 is 0 Å². The number of ether oxygens (including phenoxy) is 1. The number of benzene rings is 2. The van der Waals surface area contributed by atoms with Crippen LogP contribution >= 0.6 is 11.3 Å². The monoisotopic (exact) mass is 359 g/mol. The number of anilines is 1. The highest BCUT2D eigenvalue weighted by molar-refractivity contribution is 7.13. The summed E-state index contributed by atoms with van der Waals surface area (Å²) in [5, 5.41) is 6.80. The van der Waals surface area contributed by atoms with Gasteiger partial charge < -0.3 is 4.74 Å². The smallest absolute Gasteiger partial charge is 0.203 e. The molecule has 1 aromatic heterocycles. The number of aryl methyl sites for hydroxylation is 1. The highest BCUT2D eigenvalue weighted by atomic mass is 32.1. The van der Waals surface area contributed by atoms with Gasteiger partial charge in [0.25, 0.3) is 0 Å². The molecule has 0 unspecified atom stereocenters. The number of nitrogens with zero attached hydrogens (tertiary/aromatic N) is 2. The highest BCUT2D eigenvalue weighted by Gasteiger charge is 2.05. The lowest BCUT2D eigenvalue weighted by molar-refractivity contribution is 0.289. The predicted octanol–water partition coefficient (Wildman–Crippen LogP) is 4.75. The highest BCUT2D eigenvalue weighted by Crippen LogP contribution is 2.19. The van der Waals surface area contributed by atoms with Crippen molar-refractivity contribution in [3.63, 3.8) is 0 Å². The fourth-order valence-corrected chi connectivity index (χ4v) is 2.72. The standard InChI is InChI=1S/C18H15F2N3OS/c1-12-11-25-18(22-12)23-21-9-13-3-2-4-14(7-13)10-24-17-6-5-15(19)8-16(17)20/h2-9,11H,10H2,1H3,(H,22,23). The number of halogens is 2. The third-order valence-corrected chi connectivity index (χ3v) is 4.10. The van der Waals surface area contributed by atoms with Crippen molar-refractivity contribution in [2.75, 3.05) is 5.43 Å². The van der Waals surface area contributed by atoms with Crippen molar-refractivity contribution in [2.24, 2.45) is 5.10 Å². The Kier molecular flexibility index (Phi) is 5.35. The fourth-order valence-electron chi connectivity index (χ4n) is 2.08. The summed E-state index contributed by atoms with van der Waals surface area (Å²) in [7, 11) is 0. The van der Waals surface area contributed by atoms with E-state index in [1.165, 1.54) is 17.4 Å². The Morgan fingerprint density at radius 3 is 2.88 bits per heavy atom. The molecule has 0 bridgehead atoms. The van der Waals surface area contributed by atoms with Crippen LogP contribution in [0.1, 0.15) is 16.8 Å². The SMILES string of the molecule is Cc1csc(NN=Cc2cccc(COc3ccc(F)cc3F)c2)n1. The van der Waals surface area contributed by atoms with Gasteiger partial charge in [-0.05, 0) is 36.2 Å². The number of hydrazone groups is 1. The van der Waals surface area contributed by atoms with E-state index in [1.807, 2.05) is 36.6 Å². The molecule has 128 valence electrons. The Labute approximate surface area is 147 Å². The summed E-state index contributed by atoms with van der Waals surface area (Å²) in [5.74, 6) is -1.34. The first-order valence-electron chi connectivity index (χ1n) is 7.48. The minimum atomic E-state index is -0.722. The Bertz CT molecular complexity index is 896. The van der Waals surface area contributed by atoms with E-state index in [4.69, 9.17) is 4.74 Å². The Balaban J connectivity index is 1.61. The van der Waals surface area contributed by atoms with Gasteiger partial charge in [0.05, 0.1) is 11.9 Å². The number of thiazole rings is 1. The van der Waals surface area contributed by atoms with Crippen molar-refractivity contribution in [3.8, 4) is 5.75 Å². The summed E-state index contributed by atoms with van der Waals surface area (Å²) >= 11 is 1.48. The van der Waals surface area contributed by atoms with E-state index in [1.54, 1.807) is 6.21 Å². The lowest BCUT2D eigenvalue weighted by atomic mass is 10.1. The van der Waals surface area contributed by atoms with Crippen molar-refractivity contribution in [3.05, 3.63) is 76.3 Å².